The maximum Gasteiger partial charge on any atom is 0.342 e. The van der Waals surface area contributed by atoms with Gasteiger partial charge >= 0.3 is 5.97 Å². The Labute approximate surface area is 118 Å². The summed E-state index contributed by atoms with van der Waals surface area (Å²) in [5.74, 6) is -1.31. The minimum atomic E-state index is -1.31. The molecule has 2 aromatic rings. The highest BCUT2D eigenvalue weighted by Crippen LogP contribution is 2.24. The first-order valence-corrected chi connectivity index (χ1v) is 6.65. The van der Waals surface area contributed by atoms with Crippen LogP contribution < -0.4 is 5.32 Å². The zero-order chi connectivity index (χ0) is 14.7. The zero-order valence-electron chi connectivity index (χ0n) is 10.6. The number of carbonyl (C=O) groups is 1. The summed E-state index contributed by atoms with van der Waals surface area (Å²) in [6.07, 6.45) is 0. The van der Waals surface area contributed by atoms with E-state index < -0.39 is 16.6 Å². The summed E-state index contributed by atoms with van der Waals surface area (Å²) in [6.45, 7) is 2.54. The average Bonchev–Trinajstić information content (AvgIpc) is 2.81. The number of nitrogens with zero attached hydrogens (tertiary/aromatic N) is 1. The number of hydrogen-bond donors (Lipinski definition) is 2. The van der Waals surface area contributed by atoms with Crippen molar-refractivity contribution in [2.45, 2.75) is 13.5 Å². The van der Waals surface area contributed by atoms with Gasteiger partial charge in [0.25, 0.3) is 5.69 Å². The van der Waals surface area contributed by atoms with Crippen molar-refractivity contribution in [1.29, 1.82) is 0 Å². The normalized spacial score (nSPS) is 10.2. The maximum absolute atomic E-state index is 10.9. The van der Waals surface area contributed by atoms with E-state index in [1.807, 2.05) is 18.4 Å². The third-order valence-corrected chi connectivity index (χ3v) is 3.87. The number of carboxylic acid groups (broad SMARTS) is 1. The summed E-state index contributed by atoms with van der Waals surface area (Å²) in [7, 11) is 0. The molecule has 1 heterocycles. The van der Waals surface area contributed by atoms with Gasteiger partial charge in [-0.05, 0) is 36.1 Å². The second-order valence-electron chi connectivity index (χ2n) is 4.17. The number of rotatable bonds is 5. The number of thiophene rings is 1. The lowest BCUT2D eigenvalue weighted by Crippen LogP contribution is -2.05. The van der Waals surface area contributed by atoms with Gasteiger partial charge < -0.3 is 10.4 Å². The Morgan fingerprint density at radius 3 is 2.75 bits per heavy atom. The van der Waals surface area contributed by atoms with Gasteiger partial charge in [0.05, 0.1) is 4.92 Å². The fourth-order valence-electron chi connectivity index (χ4n) is 1.74. The van der Waals surface area contributed by atoms with Crippen molar-refractivity contribution < 1.29 is 14.8 Å². The minimum Gasteiger partial charge on any atom is -0.477 e. The highest BCUT2D eigenvalue weighted by Gasteiger charge is 2.19. The van der Waals surface area contributed by atoms with Crippen LogP contribution in [0, 0.1) is 17.0 Å². The fraction of sp³-hybridized carbons (Fsp3) is 0.154. The molecule has 0 saturated carbocycles. The second-order valence-corrected chi connectivity index (χ2v) is 5.18. The van der Waals surface area contributed by atoms with Crippen molar-refractivity contribution in [1.82, 2.24) is 0 Å². The number of benzene rings is 1. The number of hydrogen-bond acceptors (Lipinski definition) is 5. The van der Waals surface area contributed by atoms with Crippen molar-refractivity contribution in [2.24, 2.45) is 0 Å². The third-order valence-electron chi connectivity index (χ3n) is 2.85. The van der Waals surface area contributed by atoms with Crippen LogP contribution in [0.3, 0.4) is 0 Å². The molecular formula is C13H12N2O4S. The Bertz CT molecular complexity index is 666. The van der Waals surface area contributed by atoms with Gasteiger partial charge in [0, 0.05) is 23.2 Å². The smallest absolute Gasteiger partial charge is 0.342 e. The Morgan fingerprint density at radius 2 is 2.20 bits per heavy atom. The van der Waals surface area contributed by atoms with E-state index in [0.29, 0.717) is 12.2 Å². The van der Waals surface area contributed by atoms with Crippen LogP contribution in [0.2, 0.25) is 0 Å². The van der Waals surface area contributed by atoms with Crippen molar-refractivity contribution in [2.75, 3.05) is 5.32 Å². The van der Waals surface area contributed by atoms with E-state index in [9.17, 15) is 14.9 Å². The number of carboxylic acids is 1. The number of aryl methyl sites for hydroxylation is 1. The molecule has 2 rings (SSSR count). The summed E-state index contributed by atoms with van der Waals surface area (Å²) in [5, 5.41) is 24.8. The van der Waals surface area contributed by atoms with Crippen molar-refractivity contribution in [3.05, 3.63) is 55.8 Å². The highest BCUT2D eigenvalue weighted by atomic mass is 32.1. The average molecular weight is 292 g/mol. The van der Waals surface area contributed by atoms with Crippen molar-refractivity contribution in [3.8, 4) is 0 Å². The zero-order valence-corrected chi connectivity index (χ0v) is 11.4. The maximum atomic E-state index is 10.9. The van der Waals surface area contributed by atoms with Crippen LogP contribution >= 0.6 is 11.3 Å². The number of nitrogens with one attached hydrogen (secondary N) is 1. The quantitative estimate of drug-likeness (QED) is 0.651. The molecule has 0 amide bonds. The van der Waals surface area contributed by atoms with Gasteiger partial charge in [-0.2, -0.15) is 0 Å². The minimum absolute atomic E-state index is 0.312. The molecule has 0 spiro atoms. The van der Waals surface area contributed by atoms with E-state index in [1.54, 1.807) is 11.3 Å². The Balaban J connectivity index is 2.21. The van der Waals surface area contributed by atoms with Crippen LogP contribution in [0.4, 0.5) is 11.4 Å². The molecule has 0 aliphatic carbocycles. The summed E-state index contributed by atoms with van der Waals surface area (Å²) in [6, 6.07) is 6.01. The van der Waals surface area contributed by atoms with Crippen LogP contribution in [0.15, 0.2) is 29.6 Å². The van der Waals surface area contributed by atoms with E-state index in [-0.39, 0.29) is 5.56 Å². The van der Waals surface area contributed by atoms with E-state index in [2.05, 4.69) is 5.32 Å². The van der Waals surface area contributed by atoms with Gasteiger partial charge in [-0.1, -0.05) is 0 Å². The lowest BCUT2D eigenvalue weighted by atomic mass is 10.1. The topological polar surface area (TPSA) is 92.5 Å². The molecule has 20 heavy (non-hydrogen) atoms. The van der Waals surface area contributed by atoms with Crippen LogP contribution in [-0.2, 0) is 6.54 Å². The number of anilines is 1. The van der Waals surface area contributed by atoms with Gasteiger partial charge in [-0.25, -0.2) is 4.79 Å². The van der Waals surface area contributed by atoms with Gasteiger partial charge in [0.1, 0.15) is 5.56 Å². The number of nitro benzene ring substituents is 1. The molecule has 0 atom stereocenters. The monoisotopic (exact) mass is 292 g/mol. The first-order valence-electron chi connectivity index (χ1n) is 5.77. The van der Waals surface area contributed by atoms with Gasteiger partial charge in [0.2, 0.25) is 0 Å². The van der Waals surface area contributed by atoms with E-state index in [4.69, 9.17) is 5.11 Å². The first kappa shape index (κ1) is 14.0. The number of nitro groups is 1. The van der Waals surface area contributed by atoms with Gasteiger partial charge in [0.15, 0.2) is 0 Å². The van der Waals surface area contributed by atoms with Crippen LogP contribution in [0.1, 0.15) is 20.8 Å². The Morgan fingerprint density at radius 1 is 1.45 bits per heavy atom. The summed E-state index contributed by atoms with van der Waals surface area (Å²) in [4.78, 5) is 22.2. The largest absolute Gasteiger partial charge is 0.477 e. The fourth-order valence-corrected chi connectivity index (χ4v) is 2.59. The standard InChI is InChI=1S/C13H12N2O4S/c1-8-4-5-20-12(8)7-14-9-2-3-10(13(16)17)11(6-9)15(18)19/h2-6,14H,7H2,1H3,(H,16,17). The molecule has 0 radical (unpaired) electrons. The van der Waals surface area contributed by atoms with E-state index >= 15 is 0 Å². The lowest BCUT2D eigenvalue weighted by molar-refractivity contribution is -0.385. The molecule has 0 saturated heterocycles. The molecule has 0 bridgehead atoms. The molecule has 2 N–H and O–H groups in total. The molecular weight excluding hydrogens is 280 g/mol. The Kier molecular flexibility index (Phi) is 3.99. The molecule has 0 fully saturated rings. The molecule has 1 aromatic heterocycles. The van der Waals surface area contributed by atoms with E-state index in [0.717, 1.165) is 10.4 Å². The summed E-state index contributed by atoms with van der Waals surface area (Å²) >= 11 is 1.60. The first-order chi connectivity index (χ1) is 9.49. The Hall–Kier alpha value is -2.41. The summed E-state index contributed by atoms with van der Waals surface area (Å²) in [5.41, 5.74) is 0.951. The predicted octanol–water partition coefficient (Wildman–Crippen LogP) is 3.28. The summed E-state index contributed by atoms with van der Waals surface area (Å²) < 4.78 is 0. The molecule has 1 aromatic carbocycles. The molecule has 6 nitrogen and oxygen atoms in total. The highest BCUT2D eigenvalue weighted by molar-refractivity contribution is 7.10. The predicted molar refractivity (Wildman–Crippen MR) is 76.4 cm³/mol. The van der Waals surface area contributed by atoms with Crippen molar-refractivity contribution in [3.63, 3.8) is 0 Å². The molecule has 7 heteroatoms. The lowest BCUT2D eigenvalue weighted by Gasteiger charge is -2.07. The number of aromatic carboxylic acids is 1. The van der Waals surface area contributed by atoms with Gasteiger partial charge in [-0.15, -0.1) is 11.3 Å². The second kappa shape index (κ2) is 5.70. The van der Waals surface area contributed by atoms with Crippen LogP contribution in [0.5, 0.6) is 0 Å². The van der Waals surface area contributed by atoms with E-state index in [1.165, 1.54) is 18.2 Å². The van der Waals surface area contributed by atoms with Gasteiger partial charge in [-0.3, -0.25) is 10.1 Å². The molecule has 0 aliphatic heterocycles. The molecule has 0 unspecified atom stereocenters. The van der Waals surface area contributed by atoms with Crippen molar-refractivity contribution >= 4 is 28.7 Å². The van der Waals surface area contributed by atoms with Crippen LogP contribution in [-0.4, -0.2) is 16.0 Å². The molecule has 0 aliphatic rings. The third kappa shape index (κ3) is 2.94. The molecule has 104 valence electrons. The van der Waals surface area contributed by atoms with Crippen LogP contribution in [0.25, 0.3) is 0 Å². The SMILES string of the molecule is Cc1ccsc1CNc1ccc(C(=O)O)c([N+](=O)[O-])c1.